The summed E-state index contributed by atoms with van der Waals surface area (Å²) in [6.07, 6.45) is 2.16. The molecule has 0 atom stereocenters. The second-order valence-corrected chi connectivity index (χ2v) is 4.75. The number of hydrogen-bond acceptors (Lipinski definition) is 3. The van der Waals surface area contributed by atoms with Gasteiger partial charge in [0.2, 0.25) is 0 Å². The molecule has 0 bridgehead atoms. The highest BCUT2D eigenvalue weighted by atomic mass is 32.2. The summed E-state index contributed by atoms with van der Waals surface area (Å²) in [5, 5.41) is 4.16. The van der Waals surface area contributed by atoms with Crippen LogP contribution in [-0.4, -0.2) is 23.1 Å². The highest BCUT2D eigenvalue weighted by Gasteiger charge is 2.08. The number of benzene rings is 1. The van der Waals surface area contributed by atoms with Crippen molar-refractivity contribution >= 4 is 23.4 Å². The Hall–Kier alpha value is -1.29. The van der Waals surface area contributed by atoms with Crippen molar-refractivity contribution in [1.29, 1.82) is 0 Å². The van der Waals surface area contributed by atoms with E-state index in [-0.39, 0.29) is 5.91 Å². The molecule has 3 nitrogen and oxygen atoms in total. The average Bonchev–Trinajstić information content (AvgIpc) is 2.38. The van der Waals surface area contributed by atoms with E-state index >= 15 is 0 Å². The summed E-state index contributed by atoms with van der Waals surface area (Å²) in [6.45, 7) is 0. The van der Waals surface area contributed by atoms with E-state index in [9.17, 15) is 4.79 Å². The van der Waals surface area contributed by atoms with Crippen molar-refractivity contribution in [3.8, 4) is 0 Å². The topological polar surface area (TPSA) is 41.5 Å². The maximum atomic E-state index is 11.7. The number of nitrogens with one attached hydrogen (secondary N) is 1. The zero-order chi connectivity index (χ0) is 11.2. The van der Waals surface area contributed by atoms with Crippen LogP contribution in [0.5, 0.6) is 0 Å². The molecule has 0 aliphatic carbocycles. The molecule has 1 amide bonds. The van der Waals surface area contributed by atoms with Crippen LogP contribution in [0.25, 0.3) is 0 Å². The molecule has 1 N–H and O–H groups in total. The second kappa shape index (κ2) is 5.70. The van der Waals surface area contributed by atoms with Crippen LogP contribution in [-0.2, 0) is 0 Å². The molecule has 0 radical (unpaired) electrons. The highest BCUT2D eigenvalue weighted by molar-refractivity contribution is 8.00. The largest absolute Gasteiger partial charge is 0.271 e. The molecule has 4 heteroatoms. The lowest BCUT2D eigenvalue weighted by molar-refractivity contribution is 0.0954. The van der Waals surface area contributed by atoms with Gasteiger partial charge in [-0.15, -0.1) is 0 Å². The Kier molecular flexibility index (Phi) is 3.99. The van der Waals surface area contributed by atoms with E-state index < -0.39 is 0 Å². The number of carbonyl (C=O) groups excluding carboxylic acids is 1. The standard InChI is InChI=1S/C12H14N2OS/c15-12(10-5-2-1-3-6-10)14-13-11-7-4-8-16-9-11/h1-3,5-6H,4,7-9H2,(H,14,15)/b13-11+. The minimum Gasteiger partial charge on any atom is -0.267 e. The average molecular weight is 234 g/mol. The van der Waals surface area contributed by atoms with Crippen LogP contribution in [0.2, 0.25) is 0 Å². The van der Waals surface area contributed by atoms with Gasteiger partial charge in [0.25, 0.3) is 5.91 Å². The van der Waals surface area contributed by atoms with Gasteiger partial charge in [-0.3, -0.25) is 4.79 Å². The SMILES string of the molecule is O=C(N/N=C1\CCCSC1)c1ccccc1. The summed E-state index contributed by atoms with van der Waals surface area (Å²) in [4.78, 5) is 11.7. The smallest absolute Gasteiger partial charge is 0.267 e. The summed E-state index contributed by atoms with van der Waals surface area (Å²) in [7, 11) is 0. The first-order chi connectivity index (χ1) is 7.86. The molecule has 1 aliphatic heterocycles. The van der Waals surface area contributed by atoms with Crippen LogP contribution in [0.15, 0.2) is 35.4 Å². The van der Waals surface area contributed by atoms with E-state index in [1.807, 2.05) is 30.0 Å². The van der Waals surface area contributed by atoms with Crippen LogP contribution in [0.4, 0.5) is 0 Å². The maximum absolute atomic E-state index is 11.7. The van der Waals surface area contributed by atoms with Crippen LogP contribution in [0.1, 0.15) is 23.2 Å². The fraction of sp³-hybridized carbons (Fsp3) is 0.333. The molecule has 1 saturated heterocycles. The molecule has 2 rings (SSSR count). The lowest BCUT2D eigenvalue weighted by atomic mass is 10.2. The van der Waals surface area contributed by atoms with Gasteiger partial charge in [0, 0.05) is 17.0 Å². The van der Waals surface area contributed by atoms with Gasteiger partial charge in [0.1, 0.15) is 0 Å². The van der Waals surface area contributed by atoms with Gasteiger partial charge in [-0.25, -0.2) is 5.43 Å². The molecular weight excluding hydrogens is 220 g/mol. The Morgan fingerprint density at radius 3 is 2.81 bits per heavy atom. The number of nitrogens with zero attached hydrogens (tertiary/aromatic N) is 1. The zero-order valence-electron chi connectivity index (χ0n) is 8.98. The van der Waals surface area contributed by atoms with E-state index in [0.29, 0.717) is 5.56 Å². The van der Waals surface area contributed by atoms with E-state index in [2.05, 4.69) is 10.5 Å². The minimum absolute atomic E-state index is 0.135. The minimum atomic E-state index is -0.135. The Balaban J connectivity index is 1.92. The predicted molar refractivity (Wildman–Crippen MR) is 67.9 cm³/mol. The molecule has 0 spiro atoms. The van der Waals surface area contributed by atoms with E-state index in [0.717, 1.165) is 24.3 Å². The van der Waals surface area contributed by atoms with Crippen molar-refractivity contribution in [3.05, 3.63) is 35.9 Å². The quantitative estimate of drug-likeness (QED) is 0.798. The lowest BCUT2D eigenvalue weighted by Gasteiger charge is -2.11. The van der Waals surface area contributed by atoms with E-state index in [4.69, 9.17) is 0 Å². The van der Waals surface area contributed by atoms with Gasteiger partial charge in [-0.1, -0.05) is 18.2 Å². The first kappa shape index (κ1) is 11.2. The summed E-state index contributed by atoms with van der Waals surface area (Å²) in [5.41, 5.74) is 4.34. The molecule has 0 saturated carbocycles. The van der Waals surface area contributed by atoms with Gasteiger partial charge < -0.3 is 0 Å². The van der Waals surface area contributed by atoms with E-state index in [1.165, 1.54) is 5.75 Å². The van der Waals surface area contributed by atoms with Crippen molar-refractivity contribution in [3.63, 3.8) is 0 Å². The van der Waals surface area contributed by atoms with Crippen LogP contribution < -0.4 is 5.43 Å². The first-order valence-corrected chi connectivity index (χ1v) is 6.50. The number of rotatable bonds is 2. The third-order valence-corrected chi connectivity index (χ3v) is 3.49. The van der Waals surface area contributed by atoms with E-state index in [1.54, 1.807) is 12.1 Å². The Morgan fingerprint density at radius 1 is 1.31 bits per heavy atom. The van der Waals surface area contributed by atoms with Gasteiger partial charge in [0.05, 0.1) is 0 Å². The number of hydrogen-bond donors (Lipinski definition) is 1. The van der Waals surface area contributed by atoms with Crippen molar-refractivity contribution in [2.45, 2.75) is 12.8 Å². The fourth-order valence-corrected chi connectivity index (χ4v) is 2.45. The molecule has 1 aliphatic rings. The normalized spacial score (nSPS) is 18.4. The molecule has 1 heterocycles. The number of carbonyl (C=O) groups is 1. The lowest BCUT2D eigenvalue weighted by Crippen LogP contribution is -2.21. The molecule has 84 valence electrons. The van der Waals surface area contributed by atoms with Gasteiger partial charge in [-0.05, 0) is 30.7 Å². The van der Waals surface area contributed by atoms with Gasteiger partial charge >= 0.3 is 0 Å². The summed E-state index contributed by atoms with van der Waals surface area (Å²) < 4.78 is 0. The van der Waals surface area contributed by atoms with Gasteiger partial charge in [0.15, 0.2) is 0 Å². The number of hydrazone groups is 1. The first-order valence-electron chi connectivity index (χ1n) is 5.35. The van der Waals surface area contributed by atoms with Crippen molar-refractivity contribution in [2.75, 3.05) is 11.5 Å². The van der Waals surface area contributed by atoms with Crippen LogP contribution in [0, 0.1) is 0 Å². The van der Waals surface area contributed by atoms with Crippen LogP contribution >= 0.6 is 11.8 Å². The number of amides is 1. The molecule has 0 unspecified atom stereocenters. The third kappa shape index (κ3) is 3.10. The number of thioether (sulfide) groups is 1. The molecule has 16 heavy (non-hydrogen) atoms. The highest BCUT2D eigenvalue weighted by Crippen LogP contribution is 2.14. The van der Waals surface area contributed by atoms with Crippen molar-refractivity contribution in [2.24, 2.45) is 5.10 Å². The van der Waals surface area contributed by atoms with Crippen molar-refractivity contribution < 1.29 is 4.79 Å². The fourth-order valence-electron chi connectivity index (χ4n) is 1.51. The zero-order valence-corrected chi connectivity index (χ0v) is 9.80. The third-order valence-electron chi connectivity index (χ3n) is 2.37. The molecule has 1 aromatic carbocycles. The maximum Gasteiger partial charge on any atom is 0.271 e. The van der Waals surface area contributed by atoms with Crippen molar-refractivity contribution in [1.82, 2.24) is 5.43 Å². The summed E-state index contributed by atoms with van der Waals surface area (Å²) >= 11 is 1.87. The molecule has 1 fully saturated rings. The van der Waals surface area contributed by atoms with Crippen LogP contribution in [0.3, 0.4) is 0 Å². The summed E-state index contributed by atoms with van der Waals surface area (Å²) in [6, 6.07) is 9.15. The monoisotopic (exact) mass is 234 g/mol. The predicted octanol–water partition coefficient (Wildman–Crippen LogP) is 2.30. The Bertz CT molecular complexity index is 381. The Morgan fingerprint density at radius 2 is 2.12 bits per heavy atom. The van der Waals surface area contributed by atoms with Gasteiger partial charge in [-0.2, -0.15) is 16.9 Å². The molecule has 1 aromatic rings. The summed E-state index contributed by atoms with van der Waals surface area (Å²) in [5.74, 6) is 2.00. The molecular formula is C12H14N2OS. The Labute approximate surface area is 99.3 Å². The second-order valence-electron chi connectivity index (χ2n) is 3.64. The molecule has 0 aromatic heterocycles.